The van der Waals surface area contributed by atoms with Gasteiger partial charge < -0.3 is 9.88 Å². The molecule has 0 radical (unpaired) electrons. The number of benzene rings is 1. The molecule has 0 fully saturated rings. The molecule has 4 aromatic rings. The van der Waals surface area contributed by atoms with E-state index in [0.717, 1.165) is 27.4 Å². The highest BCUT2D eigenvalue weighted by Gasteiger charge is 2.12. The maximum Gasteiger partial charge on any atom is 0.270 e. The summed E-state index contributed by atoms with van der Waals surface area (Å²) < 4.78 is 2.12. The number of carbonyl (C=O) groups is 1. The fraction of sp³-hybridized carbons (Fsp3) is 0.167. The Morgan fingerprint density at radius 2 is 2.08 bits per heavy atom. The van der Waals surface area contributed by atoms with Crippen LogP contribution in [0.1, 0.15) is 16.3 Å². The lowest BCUT2D eigenvalue weighted by Crippen LogP contribution is -2.27. The fourth-order valence-electron chi connectivity index (χ4n) is 2.75. The third-order valence-corrected chi connectivity index (χ3v) is 5.55. The number of amides is 1. The molecule has 3 heterocycles. The van der Waals surface area contributed by atoms with Crippen LogP contribution in [-0.2, 0) is 6.54 Å². The summed E-state index contributed by atoms with van der Waals surface area (Å²) in [5.74, 6) is 0.809. The van der Waals surface area contributed by atoms with E-state index < -0.39 is 0 Å². The maximum atomic E-state index is 12.3. The molecule has 1 aromatic carbocycles. The van der Waals surface area contributed by atoms with Crippen LogP contribution in [0.2, 0.25) is 0 Å². The standard InChI is InChI=1S/C18H16N4OS2/c1-12-20-14-4-2-3-5-16(14)22(12)8-7-19-17(23)15-11-25-18(21-15)13-6-9-24-10-13/h2-6,9-11H,7-8H2,1H3,(H,19,23). The second-order valence-corrected chi connectivity index (χ2v) is 7.24. The number of carbonyl (C=O) groups excluding carboxylic acids is 1. The summed E-state index contributed by atoms with van der Waals surface area (Å²) in [6, 6.07) is 10.0. The summed E-state index contributed by atoms with van der Waals surface area (Å²) in [7, 11) is 0. The van der Waals surface area contributed by atoms with Gasteiger partial charge in [-0.05, 0) is 30.5 Å². The molecule has 0 atom stereocenters. The average molecular weight is 368 g/mol. The van der Waals surface area contributed by atoms with E-state index in [-0.39, 0.29) is 5.91 Å². The first-order valence-corrected chi connectivity index (χ1v) is 9.73. The predicted octanol–water partition coefficient (Wildman–Crippen LogP) is 3.96. The van der Waals surface area contributed by atoms with Crippen molar-refractivity contribution in [2.45, 2.75) is 13.5 Å². The topological polar surface area (TPSA) is 59.8 Å². The van der Waals surface area contributed by atoms with Gasteiger partial charge in [-0.25, -0.2) is 9.97 Å². The highest BCUT2D eigenvalue weighted by atomic mass is 32.1. The summed E-state index contributed by atoms with van der Waals surface area (Å²) in [5, 5.41) is 9.67. The molecule has 0 aliphatic carbocycles. The van der Waals surface area contributed by atoms with Gasteiger partial charge in [0.2, 0.25) is 0 Å². The van der Waals surface area contributed by atoms with Crippen LogP contribution in [0.15, 0.2) is 46.5 Å². The number of rotatable bonds is 5. The van der Waals surface area contributed by atoms with Crippen molar-refractivity contribution in [1.82, 2.24) is 19.9 Å². The molecule has 1 amide bonds. The first-order chi connectivity index (χ1) is 12.2. The average Bonchev–Trinajstić information content (AvgIpc) is 3.34. The summed E-state index contributed by atoms with van der Waals surface area (Å²) in [6.45, 7) is 3.19. The van der Waals surface area contributed by atoms with Crippen molar-refractivity contribution < 1.29 is 4.79 Å². The molecule has 0 bridgehead atoms. The Kier molecular flexibility index (Phi) is 4.33. The molecule has 5 nitrogen and oxygen atoms in total. The van der Waals surface area contributed by atoms with Gasteiger partial charge in [0.05, 0.1) is 11.0 Å². The molecule has 0 aliphatic rings. The highest BCUT2D eigenvalue weighted by Crippen LogP contribution is 2.25. The van der Waals surface area contributed by atoms with Crippen LogP contribution in [0.5, 0.6) is 0 Å². The number of hydrogen-bond donors (Lipinski definition) is 1. The minimum absolute atomic E-state index is 0.139. The van der Waals surface area contributed by atoms with E-state index >= 15 is 0 Å². The highest BCUT2D eigenvalue weighted by molar-refractivity contribution is 7.14. The molecule has 3 aromatic heterocycles. The number of aromatic nitrogens is 3. The van der Waals surface area contributed by atoms with E-state index in [9.17, 15) is 4.79 Å². The number of imidazole rings is 1. The van der Waals surface area contributed by atoms with E-state index in [0.29, 0.717) is 18.8 Å². The monoisotopic (exact) mass is 368 g/mol. The van der Waals surface area contributed by atoms with Crippen LogP contribution in [0, 0.1) is 6.92 Å². The Morgan fingerprint density at radius 3 is 2.92 bits per heavy atom. The van der Waals surface area contributed by atoms with Gasteiger partial charge in [0.1, 0.15) is 16.5 Å². The van der Waals surface area contributed by atoms with Crippen LogP contribution < -0.4 is 5.32 Å². The Hall–Kier alpha value is -2.51. The third kappa shape index (κ3) is 3.20. The number of thiophene rings is 1. The molecule has 0 saturated carbocycles. The van der Waals surface area contributed by atoms with Crippen molar-refractivity contribution >= 4 is 39.6 Å². The minimum Gasteiger partial charge on any atom is -0.349 e. The number of fused-ring (bicyclic) bond motifs is 1. The molecule has 0 unspecified atom stereocenters. The lowest BCUT2D eigenvalue weighted by Gasteiger charge is -2.07. The predicted molar refractivity (Wildman–Crippen MR) is 102 cm³/mol. The lowest BCUT2D eigenvalue weighted by atomic mass is 10.3. The molecule has 7 heteroatoms. The van der Waals surface area contributed by atoms with E-state index in [4.69, 9.17) is 0 Å². The SMILES string of the molecule is Cc1nc2ccccc2n1CCNC(=O)c1csc(-c2ccsc2)n1. The molecular formula is C18H16N4OS2. The van der Waals surface area contributed by atoms with Gasteiger partial charge in [-0.15, -0.1) is 11.3 Å². The summed E-state index contributed by atoms with van der Waals surface area (Å²) in [5.41, 5.74) is 3.60. The summed E-state index contributed by atoms with van der Waals surface area (Å²) in [6.07, 6.45) is 0. The van der Waals surface area contributed by atoms with Crippen molar-refractivity contribution in [3.8, 4) is 10.6 Å². The molecule has 4 rings (SSSR count). The second kappa shape index (κ2) is 6.78. The number of aryl methyl sites for hydroxylation is 1. The van der Waals surface area contributed by atoms with Crippen molar-refractivity contribution in [2.24, 2.45) is 0 Å². The molecular weight excluding hydrogens is 352 g/mol. The van der Waals surface area contributed by atoms with Crippen LogP contribution in [0.4, 0.5) is 0 Å². The van der Waals surface area contributed by atoms with Gasteiger partial charge in [-0.3, -0.25) is 4.79 Å². The number of thiazole rings is 1. The molecule has 126 valence electrons. The largest absolute Gasteiger partial charge is 0.349 e. The first-order valence-electron chi connectivity index (χ1n) is 7.90. The Labute approximate surface area is 153 Å². The van der Waals surface area contributed by atoms with Crippen molar-refractivity contribution in [3.63, 3.8) is 0 Å². The van der Waals surface area contributed by atoms with Crippen molar-refractivity contribution in [3.05, 3.63) is 58.0 Å². The molecule has 0 aliphatic heterocycles. The molecule has 25 heavy (non-hydrogen) atoms. The smallest absolute Gasteiger partial charge is 0.270 e. The molecule has 0 spiro atoms. The minimum atomic E-state index is -0.139. The van der Waals surface area contributed by atoms with Crippen LogP contribution in [0.25, 0.3) is 21.6 Å². The van der Waals surface area contributed by atoms with Crippen LogP contribution in [-0.4, -0.2) is 27.0 Å². The Balaban J connectivity index is 1.41. The molecule has 1 N–H and O–H groups in total. The van der Waals surface area contributed by atoms with Gasteiger partial charge in [0.25, 0.3) is 5.91 Å². The van der Waals surface area contributed by atoms with Gasteiger partial charge in [-0.2, -0.15) is 11.3 Å². The Morgan fingerprint density at radius 1 is 1.20 bits per heavy atom. The summed E-state index contributed by atoms with van der Waals surface area (Å²) >= 11 is 3.11. The zero-order chi connectivity index (χ0) is 17.2. The Bertz CT molecular complexity index is 1020. The van der Waals surface area contributed by atoms with Gasteiger partial charge in [-0.1, -0.05) is 12.1 Å². The van der Waals surface area contributed by atoms with Crippen LogP contribution >= 0.6 is 22.7 Å². The number of nitrogens with zero attached hydrogens (tertiary/aromatic N) is 3. The van der Waals surface area contributed by atoms with Crippen molar-refractivity contribution in [1.29, 1.82) is 0 Å². The molecule has 0 saturated heterocycles. The van der Waals surface area contributed by atoms with E-state index in [1.807, 2.05) is 48.0 Å². The zero-order valence-electron chi connectivity index (χ0n) is 13.6. The van der Waals surface area contributed by atoms with Gasteiger partial charge >= 0.3 is 0 Å². The summed E-state index contributed by atoms with van der Waals surface area (Å²) in [4.78, 5) is 21.3. The van der Waals surface area contributed by atoms with Gasteiger partial charge in [0.15, 0.2) is 0 Å². The van der Waals surface area contributed by atoms with Crippen molar-refractivity contribution in [2.75, 3.05) is 6.54 Å². The first kappa shape index (κ1) is 16.0. The number of para-hydroxylation sites is 2. The van der Waals surface area contributed by atoms with Crippen LogP contribution in [0.3, 0.4) is 0 Å². The zero-order valence-corrected chi connectivity index (χ0v) is 15.2. The lowest BCUT2D eigenvalue weighted by molar-refractivity contribution is 0.0948. The number of nitrogens with one attached hydrogen (secondary N) is 1. The number of hydrogen-bond acceptors (Lipinski definition) is 5. The van der Waals surface area contributed by atoms with E-state index in [2.05, 4.69) is 19.9 Å². The fourth-order valence-corrected chi connectivity index (χ4v) is 4.26. The third-order valence-electron chi connectivity index (χ3n) is 3.97. The van der Waals surface area contributed by atoms with E-state index in [1.165, 1.54) is 11.3 Å². The maximum absolute atomic E-state index is 12.3. The normalized spacial score (nSPS) is 11.1. The van der Waals surface area contributed by atoms with Gasteiger partial charge in [0, 0.05) is 29.4 Å². The quantitative estimate of drug-likeness (QED) is 0.580. The second-order valence-electron chi connectivity index (χ2n) is 5.61. The van der Waals surface area contributed by atoms with E-state index in [1.54, 1.807) is 16.7 Å².